The molecule has 1 aromatic rings. The highest BCUT2D eigenvalue weighted by Crippen LogP contribution is 2.35. The first kappa shape index (κ1) is 13.7. The van der Waals surface area contributed by atoms with Gasteiger partial charge >= 0.3 is 0 Å². The fourth-order valence-electron chi connectivity index (χ4n) is 2.42. The van der Waals surface area contributed by atoms with E-state index in [0.29, 0.717) is 22.5 Å². The number of halogens is 2. The molecule has 0 aromatic heterocycles. The summed E-state index contributed by atoms with van der Waals surface area (Å²) in [5, 5.41) is 1.29. The molecule has 2 unspecified atom stereocenters. The second-order valence-corrected chi connectivity index (χ2v) is 5.71. The lowest BCUT2D eigenvalue weighted by atomic mass is 9.98. The summed E-state index contributed by atoms with van der Waals surface area (Å²) in [7, 11) is 0. The van der Waals surface area contributed by atoms with E-state index < -0.39 is 0 Å². The molecule has 18 heavy (non-hydrogen) atoms. The van der Waals surface area contributed by atoms with Gasteiger partial charge in [0.2, 0.25) is 5.91 Å². The third-order valence-corrected chi connectivity index (χ3v) is 4.25. The van der Waals surface area contributed by atoms with Gasteiger partial charge in [0.25, 0.3) is 0 Å². The molecule has 98 valence electrons. The van der Waals surface area contributed by atoms with Crippen molar-refractivity contribution in [3.63, 3.8) is 0 Å². The molecule has 2 rings (SSSR count). The van der Waals surface area contributed by atoms with E-state index in [0.717, 1.165) is 18.5 Å². The number of carbonyl (C=O) groups excluding carboxylic acids is 1. The van der Waals surface area contributed by atoms with Crippen molar-refractivity contribution in [3.8, 4) is 0 Å². The molecule has 0 aliphatic carbocycles. The molecule has 1 saturated heterocycles. The zero-order chi connectivity index (χ0) is 13.3. The highest BCUT2D eigenvalue weighted by atomic mass is 35.5. The fraction of sp³-hybridized carbons (Fsp3) is 0.500. The average molecular weight is 286 g/mol. The summed E-state index contributed by atoms with van der Waals surface area (Å²) in [4.78, 5) is 13.9. The molecule has 1 aliphatic rings. The zero-order valence-corrected chi connectivity index (χ0v) is 12.1. The Balaban J connectivity index is 2.19. The van der Waals surface area contributed by atoms with Crippen LogP contribution in [-0.2, 0) is 4.79 Å². The average Bonchev–Trinajstić information content (AvgIpc) is 2.70. The van der Waals surface area contributed by atoms with Gasteiger partial charge in [-0.2, -0.15) is 0 Å². The van der Waals surface area contributed by atoms with Crippen LogP contribution in [0.15, 0.2) is 18.2 Å². The number of hydrogen-bond donors (Lipinski definition) is 0. The minimum Gasteiger partial charge on any atom is -0.339 e. The van der Waals surface area contributed by atoms with Gasteiger partial charge in [0.05, 0.1) is 0 Å². The third-order valence-electron chi connectivity index (χ3n) is 3.68. The molecule has 1 amide bonds. The maximum atomic E-state index is 12.0. The Hall–Kier alpha value is -0.730. The number of likely N-dealkylation sites (tertiary alicyclic amines) is 1. The predicted octanol–water partition coefficient (Wildman–Crippen LogP) is 4.11. The number of nitrogens with zero attached hydrogens (tertiary/aromatic N) is 1. The van der Waals surface area contributed by atoms with E-state index in [1.54, 1.807) is 6.07 Å². The van der Waals surface area contributed by atoms with Crippen LogP contribution in [0.3, 0.4) is 0 Å². The molecule has 0 bridgehead atoms. The molecular formula is C14H17Cl2NO. The molecule has 1 aromatic carbocycles. The summed E-state index contributed by atoms with van der Waals surface area (Å²) in [5.74, 6) is 0.414. The largest absolute Gasteiger partial charge is 0.339 e. The Kier molecular flexibility index (Phi) is 4.18. The Labute approximate surface area is 118 Å². The van der Waals surface area contributed by atoms with E-state index in [1.165, 1.54) is 0 Å². The van der Waals surface area contributed by atoms with Crippen molar-refractivity contribution >= 4 is 29.1 Å². The van der Waals surface area contributed by atoms with Crippen molar-refractivity contribution in [2.45, 2.75) is 38.6 Å². The second kappa shape index (κ2) is 5.50. The summed E-state index contributed by atoms with van der Waals surface area (Å²) >= 11 is 12.1. The molecular weight excluding hydrogens is 269 g/mol. The molecule has 0 N–H and O–H groups in total. The first-order valence-corrected chi connectivity index (χ1v) is 7.03. The Morgan fingerprint density at radius 2 is 2.17 bits per heavy atom. The molecule has 0 radical (unpaired) electrons. The summed E-state index contributed by atoms with van der Waals surface area (Å²) in [6.07, 6.45) is 1.53. The Morgan fingerprint density at radius 3 is 2.78 bits per heavy atom. The minimum absolute atomic E-state index is 0.191. The second-order valence-electron chi connectivity index (χ2n) is 4.87. The number of carbonyl (C=O) groups is 1. The minimum atomic E-state index is 0.191. The summed E-state index contributed by atoms with van der Waals surface area (Å²) in [6.45, 7) is 4.94. The predicted molar refractivity (Wildman–Crippen MR) is 75.3 cm³/mol. The van der Waals surface area contributed by atoms with E-state index in [4.69, 9.17) is 23.2 Å². The van der Waals surface area contributed by atoms with Crippen molar-refractivity contribution in [1.82, 2.24) is 4.90 Å². The molecule has 1 aliphatic heterocycles. The quantitative estimate of drug-likeness (QED) is 0.819. The lowest BCUT2D eigenvalue weighted by Crippen LogP contribution is -2.33. The van der Waals surface area contributed by atoms with Gasteiger partial charge in [-0.3, -0.25) is 4.79 Å². The van der Waals surface area contributed by atoms with E-state index in [2.05, 4.69) is 13.8 Å². The maximum Gasteiger partial charge on any atom is 0.223 e. The standard InChI is InChI=1S/C14H17Cl2NO/c1-3-9(2)17-8-10(6-14(17)18)12-5-4-11(15)7-13(12)16/h4-5,7,9-10H,3,6,8H2,1-2H3. The van der Waals surface area contributed by atoms with Gasteiger partial charge in [-0.1, -0.05) is 36.2 Å². The zero-order valence-electron chi connectivity index (χ0n) is 10.6. The van der Waals surface area contributed by atoms with Gasteiger partial charge in [0.1, 0.15) is 0 Å². The maximum absolute atomic E-state index is 12.0. The Bertz CT molecular complexity index is 461. The van der Waals surface area contributed by atoms with Crippen molar-refractivity contribution in [3.05, 3.63) is 33.8 Å². The van der Waals surface area contributed by atoms with E-state index in [1.807, 2.05) is 17.0 Å². The molecule has 2 nitrogen and oxygen atoms in total. The topological polar surface area (TPSA) is 20.3 Å². The number of benzene rings is 1. The molecule has 1 heterocycles. The van der Waals surface area contributed by atoms with Crippen LogP contribution < -0.4 is 0 Å². The normalized spacial score (nSPS) is 21.4. The third kappa shape index (κ3) is 2.65. The first-order valence-electron chi connectivity index (χ1n) is 6.27. The van der Waals surface area contributed by atoms with Crippen LogP contribution >= 0.6 is 23.2 Å². The van der Waals surface area contributed by atoms with E-state index >= 15 is 0 Å². The van der Waals surface area contributed by atoms with Gasteiger partial charge < -0.3 is 4.90 Å². The highest BCUT2D eigenvalue weighted by molar-refractivity contribution is 6.35. The molecule has 4 heteroatoms. The van der Waals surface area contributed by atoms with Crippen molar-refractivity contribution in [2.24, 2.45) is 0 Å². The summed E-state index contributed by atoms with van der Waals surface area (Å²) < 4.78 is 0. The fourth-order valence-corrected chi connectivity index (χ4v) is 2.98. The van der Waals surface area contributed by atoms with Gasteiger partial charge in [0.15, 0.2) is 0 Å². The first-order chi connectivity index (χ1) is 8.52. The van der Waals surface area contributed by atoms with E-state index in [-0.39, 0.29) is 11.8 Å². The molecule has 0 spiro atoms. The van der Waals surface area contributed by atoms with Crippen LogP contribution in [0, 0.1) is 0 Å². The van der Waals surface area contributed by atoms with Gasteiger partial charge in [-0.25, -0.2) is 0 Å². The molecule has 2 atom stereocenters. The smallest absolute Gasteiger partial charge is 0.223 e. The highest BCUT2D eigenvalue weighted by Gasteiger charge is 2.33. The van der Waals surface area contributed by atoms with E-state index in [9.17, 15) is 4.79 Å². The number of hydrogen-bond acceptors (Lipinski definition) is 1. The molecule has 1 fully saturated rings. The monoisotopic (exact) mass is 285 g/mol. The van der Waals surface area contributed by atoms with Crippen molar-refractivity contribution in [2.75, 3.05) is 6.54 Å². The van der Waals surface area contributed by atoms with Gasteiger partial charge in [-0.05, 0) is 31.0 Å². The summed E-state index contributed by atoms with van der Waals surface area (Å²) in [6, 6.07) is 5.81. The van der Waals surface area contributed by atoms with Crippen LogP contribution in [0.4, 0.5) is 0 Å². The lowest BCUT2D eigenvalue weighted by Gasteiger charge is -2.23. The van der Waals surface area contributed by atoms with Crippen LogP contribution in [0.2, 0.25) is 10.0 Å². The number of rotatable bonds is 3. The van der Waals surface area contributed by atoms with Crippen LogP contribution in [0.5, 0.6) is 0 Å². The van der Waals surface area contributed by atoms with Crippen LogP contribution in [0.25, 0.3) is 0 Å². The SMILES string of the molecule is CCC(C)N1CC(c2ccc(Cl)cc2Cl)CC1=O. The lowest BCUT2D eigenvalue weighted by molar-refractivity contribution is -0.129. The van der Waals surface area contributed by atoms with Gasteiger partial charge in [-0.15, -0.1) is 0 Å². The number of amides is 1. The summed E-state index contributed by atoms with van der Waals surface area (Å²) in [5.41, 5.74) is 1.03. The molecule has 0 saturated carbocycles. The van der Waals surface area contributed by atoms with Gasteiger partial charge in [0, 0.05) is 35.0 Å². The van der Waals surface area contributed by atoms with Crippen LogP contribution in [0.1, 0.15) is 38.2 Å². The van der Waals surface area contributed by atoms with Crippen molar-refractivity contribution < 1.29 is 4.79 Å². The van der Waals surface area contributed by atoms with Crippen LogP contribution in [-0.4, -0.2) is 23.4 Å². The van der Waals surface area contributed by atoms with Crippen molar-refractivity contribution in [1.29, 1.82) is 0 Å². The Morgan fingerprint density at radius 1 is 1.44 bits per heavy atom.